The summed E-state index contributed by atoms with van der Waals surface area (Å²) in [5.74, 6) is 0.231. The number of ether oxygens (including phenoxy) is 1. The van der Waals surface area contributed by atoms with Crippen LogP contribution in [0, 0.1) is 11.3 Å². The third-order valence-electron chi connectivity index (χ3n) is 11.6. The summed E-state index contributed by atoms with van der Waals surface area (Å²) in [4.78, 5) is 6.75. The van der Waals surface area contributed by atoms with Gasteiger partial charge in [0.2, 0.25) is 0 Å². The molecule has 38 heavy (non-hydrogen) atoms. The maximum atomic E-state index is 11.9. The average molecular weight is 514 g/mol. The van der Waals surface area contributed by atoms with Crippen LogP contribution in [-0.2, 0) is 4.74 Å². The quantitative estimate of drug-likeness (QED) is 0.566. The molecule has 1 aromatic carbocycles. The number of aliphatic hydroxyl groups excluding tert-OH is 2. The Labute approximate surface area is 224 Å². The second kappa shape index (κ2) is 7.98. The Morgan fingerprint density at radius 1 is 1.11 bits per heavy atom. The van der Waals surface area contributed by atoms with Crippen molar-refractivity contribution in [1.29, 1.82) is 0 Å². The van der Waals surface area contributed by atoms with E-state index in [1.165, 1.54) is 22.1 Å². The summed E-state index contributed by atoms with van der Waals surface area (Å²) in [5, 5.41) is 25.9. The number of allylic oxidation sites excluding steroid dienone is 1. The molecule has 4 fully saturated rings. The minimum Gasteiger partial charge on any atom is -0.392 e. The van der Waals surface area contributed by atoms with Crippen molar-refractivity contribution in [2.24, 2.45) is 17.1 Å². The summed E-state index contributed by atoms with van der Waals surface area (Å²) >= 11 is 0. The number of fused-ring (bicyclic) bond motifs is 2. The maximum Gasteiger partial charge on any atom is 0.118 e. The Bertz CT molecular complexity index is 1370. The Kier molecular flexibility index (Phi) is 4.99. The van der Waals surface area contributed by atoms with Gasteiger partial charge in [-0.3, -0.25) is 9.88 Å². The Hall–Kier alpha value is -2.09. The van der Waals surface area contributed by atoms with Crippen molar-refractivity contribution in [2.75, 3.05) is 13.1 Å². The van der Waals surface area contributed by atoms with Gasteiger partial charge >= 0.3 is 0 Å². The Balaban J connectivity index is 1.17. The van der Waals surface area contributed by atoms with E-state index in [1.807, 2.05) is 18.5 Å². The molecule has 2 saturated carbocycles. The molecule has 8 rings (SSSR count). The fourth-order valence-electron chi connectivity index (χ4n) is 9.82. The van der Waals surface area contributed by atoms with Crippen LogP contribution in [0.25, 0.3) is 10.8 Å². The number of likely N-dealkylation sites (tertiary alicyclic amines) is 1. The van der Waals surface area contributed by atoms with Gasteiger partial charge in [-0.05, 0) is 84.6 Å². The number of nitrogens with two attached hydrogens (primary N) is 1. The van der Waals surface area contributed by atoms with Crippen molar-refractivity contribution in [3.8, 4) is 0 Å². The van der Waals surface area contributed by atoms with Gasteiger partial charge in [0.1, 0.15) is 11.7 Å². The molecule has 2 bridgehead atoms. The fourth-order valence-corrected chi connectivity index (χ4v) is 9.82. The Morgan fingerprint density at radius 3 is 2.82 bits per heavy atom. The highest BCUT2D eigenvalue weighted by Crippen LogP contribution is 2.69. The molecule has 1 unspecified atom stereocenters. The zero-order valence-electron chi connectivity index (χ0n) is 22.2. The third-order valence-corrected chi connectivity index (χ3v) is 11.6. The van der Waals surface area contributed by atoms with Gasteiger partial charge in [0, 0.05) is 54.8 Å². The molecule has 6 aliphatic rings. The van der Waals surface area contributed by atoms with Gasteiger partial charge in [0.15, 0.2) is 0 Å². The molecule has 200 valence electrons. The van der Waals surface area contributed by atoms with Crippen LogP contribution in [0.2, 0.25) is 0 Å². The first kappa shape index (κ1) is 23.8. The van der Waals surface area contributed by atoms with E-state index >= 15 is 0 Å². The summed E-state index contributed by atoms with van der Waals surface area (Å²) in [6.07, 6.45) is 13.9. The van der Waals surface area contributed by atoms with Crippen LogP contribution >= 0.6 is 0 Å². The lowest BCUT2D eigenvalue weighted by molar-refractivity contribution is -0.185. The lowest BCUT2D eigenvalue weighted by Gasteiger charge is -2.56. The summed E-state index contributed by atoms with van der Waals surface area (Å²) in [7, 11) is 0. The molecule has 3 aliphatic carbocycles. The molecule has 9 atom stereocenters. The zero-order chi connectivity index (χ0) is 25.9. The van der Waals surface area contributed by atoms with Crippen LogP contribution in [-0.4, -0.2) is 68.7 Å². The van der Waals surface area contributed by atoms with Gasteiger partial charge in [0.25, 0.3) is 0 Å². The van der Waals surface area contributed by atoms with Crippen molar-refractivity contribution in [3.63, 3.8) is 0 Å². The average Bonchev–Trinajstić information content (AvgIpc) is 3.57. The molecular formula is C32H39N3O3. The number of hydrogen-bond acceptors (Lipinski definition) is 6. The number of nitrogens with zero attached hydrogens (tertiary/aromatic N) is 2. The lowest BCUT2D eigenvalue weighted by Crippen LogP contribution is -2.62. The second-order valence-electron chi connectivity index (χ2n) is 13.3. The molecule has 4 N–H and O–H groups in total. The van der Waals surface area contributed by atoms with Crippen LogP contribution in [0.1, 0.15) is 63.4 Å². The van der Waals surface area contributed by atoms with Crippen LogP contribution < -0.4 is 5.73 Å². The highest BCUT2D eigenvalue weighted by Gasteiger charge is 2.70. The standard InChI is InChI=1S/C32H39N3O3/c1-30-9-6-23-15-22-4-5-25(35-13-8-24(33)18-35)29(37)32(22)11-10-31(23,38-32)27(30)16-26(36)28(30)20-3-2-19-7-12-34-17-21(19)14-20/h2-3,6-7,12,14-15,17,24-29,36-37H,4-5,8-11,13,16,18,33H2,1H3/t24-,25-,26-,27-,28+,29-,30+,31?,32+/m1/s1. The van der Waals surface area contributed by atoms with E-state index in [0.717, 1.165) is 63.4 Å². The smallest absolute Gasteiger partial charge is 0.118 e. The predicted molar refractivity (Wildman–Crippen MR) is 146 cm³/mol. The molecule has 3 aliphatic heterocycles. The first-order valence-corrected chi connectivity index (χ1v) is 14.7. The molecule has 2 saturated heterocycles. The molecule has 6 nitrogen and oxygen atoms in total. The molecule has 2 spiro atoms. The van der Waals surface area contributed by atoms with Gasteiger partial charge in [-0.1, -0.05) is 31.2 Å². The van der Waals surface area contributed by atoms with Crippen LogP contribution in [0.5, 0.6) is 0 Å². The van der Waals surface area contributed by atoms with Gasteiger partial charge < -0.3 is 20.7 Å². The first-order chi connectivity index (χ1) is 18.3. The highest BCUT2D eigenvalue weighted by atomic mass is 16.5. The molecule has 6 heteroatoms. The molecule has 4 heterocycles. The van der Waals surface area contributed by atoms with Crippen molar-refractivity contribution in [2.45, 2.75) is 93.3 Å². The minimum atomic E-state index is -0.608. The number of aliphatic hydroxyl groups is 2. The van der Waals surface area contributed by atoms with Gasteiger partial charge in [-0.15, -0.1) is 0 Å². The van der Waals surface area contributed by atoms with Gasteiger partial charge in [-0.25, -0.2) is 0 Å². The fraction of sp³-hybridized carbons (Fsp3) is 0.594. The monoisotopic (exact) mass is 513 g/mol. The van der Waals surface area contributed by atoms with Crippen molar-refractivity contribution in [1.82, 2.24) is 9.88 Å². The molecule has 2 aromatic rings. The number of pyridine rings is 1. The van der Waals surface area contributed by atoms with Crippen molar-refractivity contribution < 1.29 is 14.9 Å². The third kappa shape index (κ3) is 2.99. The SMILES string of the molecule is C[C@]12CC=C3C=C4CC[C@@H](N5CC[C@@H](N)C5)[C@@H](O)[C@]45CCC3(O5)[C@@H]1C[C@@H](O)[C@@H]2c1ccc2ccncc2c1. The van der Waals surface area contributed by atoms with E-state index in [4.69, 9.17) is 10.5 Å². The van der Waals surface area contributed by atoms with E-state index in [9.17, 15) is 10.2 Å². The lowest BCUT2D eigenvalue weighted by atomic mass is 9.58. The van der Waals surface area contributed by atoms with E-state index in [1.54, 1.807) is 0 Å². The number of rotatable bonds is 2. The maximum absolute atomic E-state index is 11.9. The molecule has 1 aromatic heterocycles. The summed E-state index contributed by atoms with van der Waals surface area (Å²) in [6, 6.07) is 8.94. The zero-order valence-corrected chi connectivity index (χ0v) is 22.2. The first-order valence-electron chi connectivity index (χ1n) is 14.7. The highest BCUT2D eigenvalue weighted by molar-refractivity contribution is 5.82. The topological polar surface area (TPSA) is 91.8 Å². The van der Waals surface area contributed by atoms with Crippen LogP contribution in [0.15, 0.2) is 60.0 Å². The van der Waals surface area contributed by atoms with E-state index in [0.29, 0.717) is 0 Å². The summed E-state index contributed by atoms with van der Waals surface area (Å²) in [6.45, 7) is 4.19. The predicted octanol–water partition coefficient (Wildman–Crippen LogP) is 3.82. The van der Waals surface area contributed by atoms with Gasteiger partial charge in [0.05, 0.1) is 11.7 Å². The largest absolute Gasteiger partial charge is 0.392 e. The van der Waals surface area contributed by atoms with Crippen molar-refractivity contribution in [3.05, 3.63) is 65.5 Å². The second-order valence-corrected chi connectivity index (χ2v) is 13.3. The number of hydrogen-bond donors (Lipinski definition) is 3. The van der Waals surface area contributed by atoms with Crippen LogP contribution in [0.4, 0.5) is 0 Å². The Morgan fingerprint density at radius 2 is 1.97 bits per heavy atom. The van der Waals surface area contributed by atoms with E-state index in [2.05, 4.69) is 47.2 Å². The van der Waals surface area contributed by atoms with Crippen molar-refractivity contribution >= 4 is 10.8 Å². The minimum absolute atomic E-state index is 0.0323. The normalized spacial score (nSPS) is 45.9. The van der Waals surface area contributed by atoms with E-state index in [-0.39, 0.29) is 29.3 Å². The summed E-state index contributed by atoms with van der Waals surface area (Å²) in [5.41, 5.74) is 8.85. The van der Waals surface area contributed by atoms with Gasteiger partial charge in [-0.2, -0.15) is 0 Å². The number of benzene rings is 1. The summed E-state index contributed by atoms with van der Waals surface area (Å²) < 4.78 is 7.33. The molecular weight excluding hydrogens is 474 g/mol. The number of aromatic nitrogens is 1. The van der Waals surface area contributed by atoms with Crippen LogP contribution in [0.3, 0.4) is 0 Å². The van der Waals surface area contributed by atoms with E-state index < -0.39 is 23.4 Å². The molecule has 0 radical (unpaired) electrons. The molecule has 0 amide bonds.